The number of carbonyl (C=O) groups excluding carboxylic acids is 2. The highest BCUT2D eigenvalue weighted by molar-refractivity contribution is 6.07. The highest BCUT2D eigenvalue weighted by atomic mass is 16.5. The summed E-state index contributed by atoms with van der Waals surface area (Å²) in [5, 5.41) is 11.8. The summed E-state index contributed by atoms with van der Waals surface area (Å²) < 4.78 is 5.23. The Kier molecular flexibility index (Phi) is 6.94. The lowest BCUT2D eigenvalue weighted by Gasteiger charge is -2.42. The van der Waals surface area contributed by atoms with Gasteiger partial charge in [0, 0.05) is 39.9 Å². The van der Waals surface area contributed by atoms with Crippen LogP contribution in [0.25, 0.3) is 10.8 Å². The monoisotopic (exact) mass is 487 g/mol. The van der Waals surface area contributed by atoms with Gasteiger partial charge in [-0.15, -0.1) is 0 Å². The predicted octanol–water partition coefficient (Wildman–Crippen LogP) is 4.38. The Morgan fingerprint density at radius 3 is 2.31 bits per heavy atom. The number of hydrogen-bond donors (Lipinski definition) is 1. The number of likely N-dealkylation sites (tertiary alicyclic amines) is 1. The molecular formula is C29H33N3O4. The first-order valence-electron chi connectivity index (χ1n) is 12.6. The maximum atomic E-state index is 13.9. The fourth-order valence-corrected chi connectivity index (χ4v) is 5.54. The minimum Gasteiger partial charge on any atom is -0.508 e. The zero-order valence-corrected chi connectivity index (χ0v) is 20.7. The van der Waals surface area contributed by atoms with Crippen molar-refractivity contribution >= 4 is 22.7 Å². The highest BCUT2D eigenvalue weighted by Crippen LogP contribution is 2.38. The SMILES string of the molecule is COCCCN1C(=O)N(Cc2ccc3ccccc3c2)C(=O)C12CCN(Cc1ccc(O)cc1)CC2. The molecule has 2 aliphatic rings. The summed E-state index contributed by atoms with van der Waals surface area (Å²) in [4.78, 5) is 33.1. The largest absolute Gasteiger partial charge is 0.508 e. The van der Waals surface area contributed by atoms with Crippen LogP contribution in [0.5, 0.6) is 5.75 Å². The van der Waals surface area contributed by atoms with Gasteiger partial charge in [0.15, 0.2) is 0 Å². The number of rotatable bonds is 8. The van der Waals surface area contributed by atoms with E-state index in [0.29, 0.717) is 32.4 Å². The second kappa shape index (κ2) is 10.3. The molecule has 5 rings (SSSR count). The number of benzene rings is 3. The van der Waals surface area contributed by atoms with E-state index in [1.165, 1.54) is 4.90 Å². The lowest BCUT2D eigenvalue weighted by molar-refractivity contribution is -0.136. The Hall–Kier alpha value is -3.42. The highest BCUT2D eigenvalue weighted by Gasteiger charge is 2.57. The Labute approximate surface area is 211 Å². The number of hydrogen-bond acceptors (Lipinski definition) is 5. The standard InChI is InChI=1S/C29H33N3O4/c1-36-18-4-15-32-28(35)31(21-23-7-10-24-5-2-3-6-25(24)19-23)27(34)29(32)13-16-30(17-14-29)20-22-8-11-26(33)12-9-22/h2-3,5-12,19,33H,4,13-18,20-21H2,1H3. The molecule has 2 aliphatic heterocycles. The fourth-order valence-electron chi connectivity index (χ4n) is 5.54. The van der Waals surface area contributed by atoms with E-state index in [0.717, 1.165) is 41.5 Å². The number of urea groups is 1. The Morgan fingerprint density at radius 2 is 1.58 bits per heavy atom. The molecule has 36 heavy (non-hydrogen) atoms. The topological polar surface area (TPSA) is 73.3 Å². The van der Waals surface area contributed by atoms with Gasteiger partial charge in [0.05, 0.1) is 6.54 Å². The predicted molar refractivity (Wildman–Crippen MR) is 138 cm³/mol. The molecule has 2 fully saturated rings. The Balaban J connectivity index is 1.34. The van der Waals surface area contributed by atoms with E-state index < -0.39 is 5.54 Å². The molecular weight excluding hydrogens is 454 g/mol. The molecule has 0 atom stereocenters. The molecule has 0 saturated carbocycles. The summed E-state index contributed by atoms with van der Waals surface area (Å²) >= 11 is 0. The number of ether oxygens (including phenoxy) is 1. The maximum absolute atomic E-state index is 13.9. The van der Waals surface area contributed by atoms with E-state index in [9.17, 15) is 14.7 Å². The van der Waals surface area contributed by atoms with Gasteiger partial charge in [0.25, 0.3) is 5.91 Å². The van der Waals surface area contributed by atoms with Crippen LogP contribution in [-0.4, -0.2) is 70.6 Å². The van der Waals surface area contributed by atoms with E-state index in [-0.39, 0.29) is 24.2 Å². The van der Waals surface area contributed by atoms with Crippen LogP contribution < -0.4 is 0 Å². The van der Waals surface area contributed by atoms with E-state index in [1.807, 2.05) is 41.3 Å². The maximum Gasteiger partial charge on any atom is 0.327 e. The van der Waals surface area contributed by atoms with Crippen LogP contribution in [0.4, 0.5) is 4.79 Å². The first-order valence-corrected chi connectivity index (χ1v) is 12.6. The van der Waals surface area contributed by atoms with Crippen molar-refractivity contribution in [1.29, 1.82) is 0 Å². The van der Waals surface area contributed by atoms with Crippen molar-refractivity contribution in [1.82, 2.24) is 14.7 Å². The van der Waals surface area contributed by atoms with E-state index in [4.69, 9.17) is 4.74 Å². The number of phenols is 1. The minimum absolute atomic E-state index is 0.0811. The summed E-state index contributed by atoms with van der Waals surface area (Å²) in [7, 11) is 1.65. The molecule has 1 spiro atoms. The molecule has 3 aromatic carbocycles. The molecule has 7 heteroatoms. The van der Waals surface area contributed by atoms with Gasteiger partial charge >= 0.3 is 6.03 Å². The van der Waals surface area contributed by atoms with E-state index in [1.54, 1.807) is 19.2 Å². The van der Waals surface area contributed by atoms with Gasteiger partial charge < -0.3 is 14.7 Å². The summed E-state index contributed by atoms with van der Waals surface area (Å²) in [6, 6.07) is 21.3. The summed E-state index contributed by atoms with van der Waals surface area (Å²) in [6.45, 7) is 3.54. The molecule has 7 nitrogen and oxygen atoms in total. The van der Waals surface area contributed by atoms with Gasteiger partial charge in [0.1, 0.15) is 11.3 Å². The lowest BCUT2D eigenvalue weighted by Crippen LogP contribution is -2.56. The van der Waals surface area contributed by atoms with Crippen molar-refractivity contribution < 1.29 is 19.4 Å². The number of aromatic hydroxyl groups is 1. The molecule has 0 bridgehead atoms. The zero-order valence-electron chi connectivity index (χ0n) is 20.7. The van der Waals surface area contributed by atoms with Crippen molar-refractivity contribution in [3.8, 4) is 5.75 Å². The number of fused-ring (bicyclic) bond motifs is 1. The second-order valence-electron chi connectivity index (χ2n) is 9.83. The number of imide groups is 1. The number of piperidine rings is 1. The van der Waals surface area contributed by atoms with Crippen molar-refractivity contribution in [2.24, 2.45) is 0 Å². The molecule has 2 heterocycles. The van der Waals surface area contributed by atoms with Crippen molar-refractivity contribution in [2.45, 2.75) is 37.9 Å². The molecule has 0 unspecified atom stereocenters. The number of carbonyl (C=O) groups is 2. The van der Waals surface area contributed by atoms with Crippen LogP contribution in [0, 0.1) is 0 Å². The fraction of sp³-hybridized carbons (Fsp3) is 0.379. The van der Waals surface area contributed by atoms with Crippen molar-refractivity contribution in [3.05, 3.63) is 77.9 Å². The van der Waals surface area contributed by atoms with Crippen LogP contribution in [-0.2, 0) is 22.6 Å². The van der Waals surface area contributed by atoms with Crippen LogP contribution >= 0.6 is 0 Å². The third-order valence-corrected chi connectivity index (χ3v) is 7.53. The molecule has 2 saturated heterocycles. The Morgan fingerprint density at radius 1 is 0.889 bits per heavy atom. The molecule has 0 radical (unpaired) electrons. The van der Waals surface area contributed by atoms with Crippen molar-refractivity contribution in [2.75, 3.05) is 33.4 Å². The van der Waals surface area contributed by atoms with Gasteiger partial charge in [-0.2, -0.15) is 0 Å². The molecule has 3 aromatic rings. The lowest BCUT2D eigenvalue weighted by atomic mass is 9.85. The number of amides is 3. The average molecular weight is 488 g/mol. The quantitative estimate of drug-likeness (QED) is 0.377. The summed E-state index contributed by atoms with van der Waals surface area (Å²) in [5.41, 5.74) is 1.27. The summed E-state index contributed by atoms with van der Waals surface area (Å²) in [6.07, 6.45) is 1.91. The first-order chi connectivity index (χ1) is 17.5. The average Bonchev–Trinajstić information content (AvgIpc) is 3.08. The van der Waals surface area contributed by atoms with Gasteiger partial charge in [-0.3, -0.25) is 14.6 Å². The normalized spacial score (nSPS) is 18.0. The minimum atomic E-state index is -0.798. The van der Waals surface area contributed by atoms with Gasteiger partial charge in [0.2, 0.25) is 0 Å². The molecule has 188 valence electrons. The molecule has 0 aliphatic carbocycles. The van der Waals surface area contributed by atoms with E-state index >= 15 is 0 Å². The van der Waals surface area contributed by atoms with Crippen molar-refractivity contribution in [3.63, 3.8) is 0 Å². The van der Waals surface area contributed by atoms with E-state index in [2.05, 4.69) is 23.1 Å². The smallest absolute Gasteiger partial charge is 0.327 e. The summed E-state index contributed by atoms with van der Waals surface area (Å²) in [5.74, 6) is 0.173. The third-order valence-electron chi connectivity index (χ3n) is 7.53. The van der Waals surface area contributed by atoms with Gasteiger partial charge in [-0.1, -0.05) is 48.5 Å². The van der Waals surface area contributed by atoms with Gasteiger partial charge in [-0.25, -0.2) is 4.79 Å². The number of nitrogens with zero attached hydrogens (tertiary/aromatic N) is 3. The second-order valence-corrected chi connectivity index (χ2v) is 9.83. The van der Waals surface area contributed by atoms with Crippen LogP contribution in [0.2, 0.25) is 0 Å². The van der Waals surface area contributed by atoms with Crippen LogP contribution in [0.3, 0.4) is 0 Å². The number of phenolic OH excluding ortho intramolecular Hbond substituents is 1. The number of methoxy groups -OCH3 is 1. The van der Waals surface area contributed by atoms with Gasteiger partial charge in [-0.05, 0) is 59.4 Å². The first kappa shape index (κ1) is 24.3. The third kappa shape index (κ3) is 4.68. The zero-order chi connectivity index (χ0) is 25.1. The van der Waals surface area contributed by atoms with Crippen LogP contribution in [0.15, 0.2) is 66.7 Å². The van der Waals surface area contributed by atoms with Crippen LogP contribution in [0.1, 0.15) is 30.4 Å². The Bertz CT molecular complexity index is 1230. The molecule has 0 aromatic heterocycles. The molecule has 1 N–H and O–H groups in total. The molecule has 3 amide bonds.